The number of nitrogens with zero attached hydrogens (tertiary/aromatic N) is 2. The SMILES string of the molecule is O=C(C=Cc1ccncc1)c1ccc(Oc2ncc(C(F)(F)F)cc2Cl)cc1. The smallest absolute Gasteiger partial charge is 0.417 e. The molecule has 1 aromatic carbocycles. The zero-order valence-corrected chi connectivity index (χ0v) is 14.9. The first-order valence-electron chi connectivity index (χ1n) is 7.96. The maximum atomic E-state index is 12.6. The van der Waals surface area contributed by atoms with Crippen molar-refractivity contribution in [3.63, 3.8) is 0 Å². The molecule has 0 aliphatic rings. The quantitative estimate of drug-likeness (QED) is 0.396. The van der Waals surface area contributed by atoms with Crippen LogP contribution in [0.25, 0.3) is 6.08 Å². The van der Waals surface area contributed by atoms with E-state index in [9.17, 15) is 18.0 Å². The maximum Gasteiger partial charge on any atom is 0.417 e. The highest BCUT2D eigenvalue weighted by Gasteiger charge is 2.31. The van der Waals surface area contributed by atoms with Gasteiger partial charge in [0.05, 0.1) is 5.56 Å². The van der Waals surface area contributed by atoms with Crippen LogP contribution < -0.4 is 4.74 Å². The molecule has 0 bridgehead atoms. The van der Waals surface area contributed by atoms with Crippen molar-refractivity contribution in [3.05, 3.63) is 88.8 Å². The van der Waals surface area contributed by atoms with Gasteiger partial charge in [0.2, 0.25) is 5.88 Å². The highest BCUT2D eigenvalue weighted by Crippen LogP contribution is 2.34. The topological polar surface area (TPSA) is 52.1 Å². The Morgan fingerprint density at radius 1 is 1.07 bits per heavy atom. The summed E-state index contributed by atoms with van der Waals surface area (Å²) < 4.78 is 43.3. The number of carbonyl (C=O) groups is 1. The van der Waals surface area contributed by atoms with E-state index in [1.807, 2.05) is 0 Å². The Balaban J connectivity index is 1.69. The summed E-state index contributed by atoms with van der Waals surface area (Å²) in [5, 5.41) is -0.268. The number of benzene rings is 1. The standard InChI is InChI=1S/C20H12ClF3N2O2/c21-17-11-15(20(22,23)24)12-26-19(17)28-16-4-2-14(3-5-16)18(27)6-1-13-7-9-25-10-8-13/h1-12H. The molecule has 0 aliphatic heterocycles. The molecule has 2 aromatic heterocycles. The minimum absolute atomic E-state index is 0.161. The molecule has 0 radical (unpaired) electrons. The highest BCUT2D eigenvalue weighted by molar-refractivity contribution is 6.31. The van der Waals surface area contributed by atoms with Crippen LogP contribution in [0.2, 0.25) is 5.02 Å². The van der Waals surface area contributed by atoms with Crippen LogP contribution in [0, 0.1) is 0 Å². The Kier molecular flexibility index (Phi) is 5.75. The summed E-state index contributed by atoms with van der Waals surface area (Å²) in [6, 6.07) is 10.3. The molecule has 0 amide bonds. The van der Waals surface area contributed by atoms with Crippen molar-refractivity contribution in [3.8, 4) is 11.6 Å². The van der Waals surface area contributed by atoms with Crippen molar-refractivity contribution in [1.29, 1.82) is 0 Å². The lowest BCUT2D eigenvalue weighted by molar-refractivity contribution is -0.137. The van der Waals surface area contributed by atoms with Gasteiger partial charge in [0.15, 0.2) is 5.78 Å². The average Bonchev–Trinajstić information content (AvgIpc) is 2.68. The van der Waals surface area contributed by atoms with Crippen LogP contribution in [0.15, 0.2) is 67.1 Å². The van der Waals surface area contributed by atoms with Crippen molar-refractivity contribution in [1.82, 2.24) is 9.97 Å². The number of pyridine rings is 2. The summed E-state index contributed by atoms with van der Waals surface area (Å²) in [5.41, 5.74) is 0.294. The number of ether oxygens (including phenoxy) is 1. The molecule has 142 valence electrons. The summed E-state index contributed by atoms with van der Waals surface area (Å²) in [6.07, 6.45) is 2.44. The van der Waals surface area contributed by atoms with Crippen molar-refractivity contribution in [2.45, 2.75) is 6.18 Å². The van der Waals surface area contributed by atoms with Gasteiger partial charge in [-0.25, -0.2) is 4.98 Å². The molecule has 0 atom stereocenters. The molecule has 0 spiro atoms. The number of hydrogen-bond acceptors (Lipinski definition) is 4. The fourth-order valence-electron chi connectivity index (χ4n) is 2.20. The molecule has 4 nitrogen and oxygen atoms in total. The number of ketones is 1. The molecular formula is C20H12ClF3N2O2. The van der Waals surface area contributed by atoms with Crippen LogP contribution >= 0.6 is 11.6 Å². The van der Waals surface area contributed by atoms with Crippen LogP contribution in [-0.2, 0) is 6.18 Å². The lowest BCUT2D eigenvalue weighted by Gasteiger charge is -2.10. The second-order valence-electron chi connectivity index (χ2n) is 5.61. The fraction of sp³-hybridized carbons (Fsp3) is 0.0500. The summed E-state index contributed by atoms with van der Waals surface area (Å²) in [4.78, 5) is 19.7. The predicted octanol–water partition coefficient (Wildman–Crippen LogP) is 5.84. The van der Waals surface area contributed by atoms with Crippen molar-refractivity contribution < 1.29 is 22.7 Å². The van der Waals surface area contributed by atoms with Crippen molar-refractivity contribution in [2.24, 2.45) is 0 Å². The second kappa shape index (κ2) is 8.22. The number of halogens is 4. The number of alkyl halides is 3. The number of rotatable bonds is 5. The molecule has 0 saturated carbocycles. The van der Waals surface area contributed by atoms with Crippen LogP contribution in [0.5, 0.6) is 11.6 Å². The van der Waals surface area contributed by atoms with Gasteiger partial charge in [-0.1, -0.05) is 17.7 Å². The minimum Gasteiger partial charge on any atom is -0.438 e. The normalized spacial score (nSPS) is 11.6. The largest absolute Gasteiger partial charge is 0.438 e. The molecular weight excluding hydrogens is 393 g/mol. The highest BCUT2D eigenvalue weighted by atomic mass is 35.5. The van der Waals surface area contributed by atoms with Crippen LogP contribution in [0.4, 0.5) is 13.2 Å². The summed E-state index contributed by atoms with van der Waals surface area (Å²) in [5.74, 6) is -0.0933. The molecule has 3 aromatic rings. The van der Waals surface area contributed by atoms with Crippen LogP contribution in [0.3, 0.4) is 0 Å². The third-order valence-electron chi connectivity index (χ3n) is 3.62. The van der Waals surface area contributed by atoms with E-state index in [2.05, 4.69) is 9.97 Å². The third kappa shape index (κ3) is 4.95. The van der Waals surface area contributed by atoms with E-state index >= 15 is 0 Å². The monoisotopic (exact) mass is 404 g/mol. The second-order valence-corrected chi connectivity index (χ2v) is 6.02. The van der Waals surface area contributed by atoms with Crippen LogP contribution in [-0.4, -0.2) is 15.8 Å². The molecule has 0 saturated heterocycles. The van der Waals surface area contributed by atoms with Gasteiger partial charge in [0, 0.05) is 24.2 Å². The molecule has 0 unspecified atom stereocenters. The summed E-state index contributed by atoms with van der Waals surface area (Å²) in [7, 11) is 0. The molecule has 8 heteroatoms. The molecule has 0 fully saturated rings. The molecule has 0 N–H and O–H groups in total. The number of carbonyl (C=O) groups excluding carboxylic acids is 1. The zero-order chi connectivity index (χ0) is 20.1. The molecule has 3 rings (SSSR count). The maximum absolute atomic E-state index is 12.6. The van der Waals surface area contributed by atoms with E-state index in [0.717, 1.165) is 11.6 Å². The Morgan fingerprint density at radius 2 is 1.75 bits per heavy atom. The van der Waals surface area contributed by atoms with Gasteiger partial charge in [0.1, 0.15) is 10.8 Å². The van der Waals surface area contributed by atoms with E-state index in [1.54, 1.807) is 30.6 Å². The molecule has 2 heterocycles. The molecule has 28 heavy (non-hydrogen) atoms. The first-order valence-corrected chi connectivity index (χ1v) is 8.34. The van der Waals surface area contributed by atoms with Gasteiger partial charge < -0.3 is 4.74 Å². The number of hydrogen-bond donors (Lipinski definition) is 0. The predicted molar refractivity (Wildman–Crippen MR) is 98.4 cm³/mol. The lowest BCUT2D eigenvalue weighted by atomic mass is 10.1. The number of aromatic nitrogens is 2. The van der Waals surface area contributed by atoms with Gasteiger partial charge >= 0.3 is 6.18 Å². The minimum atomic E-state index is -4.54. The van der Waals surface area contributed by atoms with Gasteiger partial charge in [-0.3, -0.25) is 9.78 Å². The lowest BCUT2D eigenvalue weighted by Crippen LogP contribution is -2.05. The fourth-order valence-corrected chi connectivity index (χ4v) is 2.40. The van der Waals surface area contributed by atoms with E-state index in [1.165, 1.54) is 30.3 Å². The first kappa shape index (κ1) is 19.6. The Morgan fingerprint density at radius 3 is 2.36 bits per heavy atom. The Hall–Kier alpha value is -3.19. The van der Waals surface area contributed by atoms with E-state index in [0.29, 0.717) is 11.8 Å². The first-order chi connectivity index (χ1) is 13.3. The van der Waals surface area contributed by atoms with Crippen molar-refractivity contribution in [2.75, 3.05) is 0 Å². The van der Waals surface area contributed by atoms with Gasteiger partial charge in [-0.2, -0.15) is 13.2 Å². The summed E-state index contributed by atoms with van der Waals surface area (Å²) >= 11 is 5.81. The van der Waals surface area contributed by atoms with E-state index in [4.69, 9.17) is 16.3 Å². The van der Waals surface area contributed by atoms with Crippen LogP contribution in [0.1, 0.15) is 21.5 Å². The molecule has 0 aliphatic carbocycles. The number of allylic oxidation sites excluding steroid dienone is 1. The van der Waals surface area contributed by atoms with Gasteiger partial charge in [-0.05, 0) is 54.1 Å². The van der Waals surface area contributed by atoms with Gasteiger partial charge in [0.25, 0.3) is 0 Å². The average molecular weight is 405 g/mol. The third-order valence-corrected chi connectivity index (χ3v) is 3.89. The van der Waals surface area contributed by atoms with E-state index in [-0.39, 0.29) is 22.4 Å². The zero-order valence-electron chi connectivity index (χ0n) is 14.2. The van der Waals surface area contributed by atoms with E-state index < -0.39 is 11.7 Å². The Labute approximate surface area is 163 Å². The Bertz CT molecular complexity index is 1000. The van der Waals surface area contributed by atoms with Crippen molar-refractivity contribution >= 4 is 23.5 Å². The summed E-state index contributed by atoms with van der Waals surface area (Å²) in [6.45, 7) is 0. The van der Waals surface area contributed by atoms with Gasteiger partial charge in [-0.15, -0.1) is 0 Å².